The normalized spacial score (nSPS) is 11.5. The predicted octanol–water partition coefficient (Wildman–Crippen LogP) is 13.6. The lowest BCUT2D eigenvalue weighted by Crippen LogP contribution is -2.31. The lowest BCUT2D eigenvalue weighted by Gasteiger charge is -2.37. The molecule has 0 saturated carbocycles. The lowest BCUT2D eigenvalue weighted by atomic mass is 9.65. The Hall–Kier alpha value is -6.22. The van der Waals surface area contributed by atoms with E-state index in [-0.39, 0.29) is 0 Å². The van der Waals surface area contributed by atoms with Crippen LogP contribution in [0.25, 0.3) is 31.3 Å². The van der Waals surface area contributed by atoms with Crippen molar-refractivity contribution in [1.29, 1.82) is 0 Å². The van der Waals surface area contributed by atoms with Crippen molar-refractivity contribution in [2.24, 2.45) is 0 Å². The van der Waals surface area contributed by atoms with Gasteiger partial charge in [0.15, 0.2) is 0 Å². The molecule has 242 valence electrons. The van der Waals surface area contributed by atoms with Crippen LogP contribution in [0.3, 0.4) is 0 Å². The maximum absolute atomic E-state index is 2.35. The summed E-state index contributed by atoms with van der Waals surface area (Å²) in [6, 6.07) is 77.1. The van der Waals surface area contributed by atoms with Gasteiger partial charge in [0.1, 0.15) is 0 Å². The summed E-state index contributed by atoms with van der Waals surface area (Å²) in [6.07, 6.45) is 0. The number of hydrogen-bond donors (Lipinski definition) is 0. The molecular formula is C49H35NS. The number of para-hydroxylation sites is 1. The molecule has 9 rings (SSSR count). The van der Waals surface area contributed by atoms with E-state index < -0.39 is 5.41 Å². The van der Waals surface area contributed by atoms with Gasteiger partial charge >= 0.3 is 0 Å². The van der Waals surface area contributed by atoms with Crippen LogP contribution >= 0.6 is 11.3 Å². The largest absolute Gasteiger partial charge is 0.311 e. The van der Waals surface area contributed by atoms with E-state index in [0.717, 1.165) is 17.1 Å². The smallest absolute Gasteiger partial charge is 0.0715 e. The number of hydrogen-bond acceptors (Lipinski definition) is 2. The molecule has 1 heterocycles. The van der Waals surface area contributed by atoms with E-state index in [2.05, 4.69) is 217 Å². The third-order valence-corrected chi connectivity index (χ3v) is 11.2. The molecule has 1 aromatic heterocycles. The maximum atomic E-state index is 2.35. The Bertz CT molecular complexity index is 2500. The molecule has 2 heteroatoms. The van der Waals surface area contributed by atoms with Crippen molar-refractivity contribution in [3.63, 3.8) is 0 Å². The fourth-order valence-corrected chi connectivity index (χ4v) is 8.98. The van der Waals surface area contributed by atoms with E-state index in [0.29, 0.717) is 0 Å². The molecule has 0 N–H and O–H groups in total. The number of fused-ring (bicyclic) bond motifs is 3. The Morgan fingerprint density at radius 2 is 0.784 bits per heavy atom. The third kappa shape index (κ3) is 5.42. The molecule has 0 atom stereocenters. The quantitative estimate of drug-likeness (QED) is 0.146. The topological polar surface area (TPSA) is 3.24 Å². The van der Waals surface area contributed by atoms with E-state index in [4.69, 9.17) is 0 Å². The average molecular weight is 670 g/mol. The van der Waals surface area contributed by atoms with Crippen LogP contribution in [0.15, 0.2) is 212 Å². The van der Waals surface area contributed by atoms with Crippen molar-refractivity contribution in [2.75, 3.05) is 4.90 Å². The number of benzene rings is 8. The van der Waals surface area contributed by atoms with Gasteiger partial charge in [-0.2, -0.15) is 0 Å². The Balaban J connectivity index is 1.25. The standard InChI is InChI=1S/C49H35NS/c1-5-16-36(17-6-1)37-28-32-42(33-29-37)50(41-22-11-4-12-23-41)43-34-30-40(31-35-43)49(38-18-7-2-8-19-38,39-20-9-3-10-21-39)46-26-15-25-45-44-24-13-14-27-47(44)51-48(45)46/h1-35H. The molecule has 0 fully saturated rings. The van der Waals surface area contributed by atoms with E-state index in [1.165, 1.54) is 53.6 Å². The minimum Gasteiger partial charge on any atom is -0.311 e. The first-order valence-corrected chi connectivity index (χ1v) is 18.3. The lowest BCUT2D eigenvalue weighted by molar-refractivity contribution is 0.753. The molecular weight excluding hydrogens is 635 g/mol. The molecule has 0 unspecified atom stereocenters. The van der Waals surface area contributed by atoms with Crippen LogP contribution in [-0.4, -0.2) is 0 Å². The van der Waals surface area contributed by atoms with Gasteiger partial charge in [-0.05, 0) is 75.8 Å². The second kappa shape index (κ2) is 13.2. The Morgan fingerprint density at radius 3 is 1.41 bits per heavy atom. The minimum atomic E-state index is -0.559. The second-order valence-corrected chi connectivity index (χ2v) is 13.9. The Morgan fingerprint density at radius 1 is 0.333 bits per heavy atom. The van der Waals surface area contributed by atoms with Crippen LogP contribution in [0, 0.1) is 0 Å². The van der Waals surface area contributed by atoms with Gasteiger partial charge in [-0.3, -0.25) is 0 Å². The molecule has 0 radical (unpaired) electrons. The monoisotopic (exact) mass is 669 g/mol. The number of nitrogens with zero attached hydrogens (tertiary/aromatic N) is 1. The summed E-state index contributed by atoms with van der Waals surface area (Å²) in [7, 11) is 0. The fraction of sp³-hybridized carbons (Fsp3) is 0.0204. The zero-order valence-corrected chi connectivity index (χ0v) is 28.9. The SMILES string of the molecule is c1ccc(-c2ccc(N(c3ccccc3)c3ccc(C(c4ccccc4)(c4ccccc4)c4cccc5c4sc4ccccc45)cc3)cc2)cc1. The Labute approximate surface area is 303 Å². The zero-order valence-electron chi connectivity index (χ0n) is 28.1. The van der Waals surface area contributed by atoms with Crippen LogP contribution in [-0.2, 0) is 5.41 Å². The highest BCUT2D eigenvalue weighted by molar-refractivity contribution is 7.26. The van der Waals surface area contributed by atoms with Crippen molar-refractivity contribution in [3.05, 3.63) is 235 Å². The molecule has 0 saturated heterocycles. The van der Waals surface area contributed by atoms with Gasteiger partial charge in [-0.1, -0.05) is 170 Å². The molecule has 0 amide bonds. The summed E-state index contributed by atoms with van der Waals surface area (Å²) < 4.78 is 2.63. The van der Waals surface area contributed by atoms with Crippen LogP contribution < -0.4 is 4.90 Å². The van der Waals surface area contributed by atoms with Gasteiger partial charge in [-0.25, -0.2) is 0 Å². The van der Waals surface area contributed by atoms with Crippen molar-refractivity contribution in [1.82, 2.24) is 0 Å². The van der Waals surface area contributed by atoms with Gasteiger partial charge in [-0.15, -0.1) is 11.3 Å². The number of rotatable bonds is 8. The van der Waals surface area contributed by atoms with Gasteiger partial charge in [0.2, 0.25) is 0 Å². The first kappa shape index (κ1) is 30.8. The highest BCUT2D eigenvalue weighted by Crippen LogP contribution is 2.50. The highest BCUT2D eigenvalue weighted by Gasteiger charge is 2.40. The van der Waals surface area contributed by atoms with E-state index in [1.807, 2.05) is 11.3 Å². The molecule has 0 spiro atoms. The van der Waals surface area contributed by atoms with Gasteiger partial charge < -0.3 is 4.90 Å². The summed E-state index contributed by atoms with van der Waals surface area (Å²) in [5.74, 6) is 0. The van der Waals surface area contributed by atoms with Crippen molar-refractivity contribution in [3.8, 4) is 11.1 Å². The molecule has 8 aromatic carbocycles. The average Bonchev–Trinajstić information content (AvgIpc) is 3.60. The van der Waals surface area contributed by atoms with E-state index in [1.54, 1.807) is 0 Å². The van der Waals surface area contributed by atoms with Crippen molar-refractivity contribution in [2.45, 2.75) is 5.41 Å². The third-order valence-electron chi connectivity index (χ3n) is 10.0. The van der Waals surface area contributed by atoms with E-state index in [9.17, 15) is 0 Å². The molecule has 9 aromatic rings. The van der Waals surface area contributed by atoms with Crippen molar-refractivity contribution < 1.29 is 0 Å². The summed E-state index contributed by atoms with van der Waals surface area (Å²) in [5.41, 5.74) is 10.2. The van der Waals surface area contributed by atoms with E-state index >= 15 is 0 Å². The first-order valence-electron chi connectivity index (χ1n) is 17.4. The zero-order chi connectivity index (χ0) is 34.0. The Kier molecular flexibility index (Phi) is 8.00. The van der Waals surface area contributed by atoms with Gasteiger partial charge in [0.05, 0.1) is 5.41 Å². The summed E-state index contributed by atoms with van der Waals surface area (Å²) in [4.78, 5) is 2.35. The molecule has 0 aliphatic heterocycles. The van der Waals surface area contributed by atoms with Crippen molar-refractivity contribution >= 4 is 48.6 Å². The number of anilines is 3. The summed E-state index contributed by atoms with van der Waals surface area (Å²) in [5, 5.41) is 2.61. The van der Waals surface area contributed by atoms with Gasteiger partial charge in [0.25, 0.3) is 0 Å². The van der Waals surface area contributed by atoms with Crippen LogP contribution in [0.1, 0.15) is 22.3 Å². The molecule has 0 aliphatic carbocycles. The molecule has 51 heavy (non-hydrogen) atoms. The van der Waals surface area contributed by atoms with Crippen LogP contribution in [0.2, 0.25) is 0 Å². The molecule has 1 nitrogen and oxygen atoms in total. The molecule has 0 bridgehead atoms. The predicted molar refractivity (Wildman–Crippen MR) is 218 cm³/mol. The highest BCUT2D eigenvalue weighted by atomic mass is 32.1. The maximum Gasteiger partial charge on any atom is 0.0715 e. The molecule has 0 aliphatic rings. The minimum absolute atomic E-state index is 0.559. The van der Waals surface area contributed by atoms with Gasteiger partial charge in [0, 0.05) is 37.2 Å². The van der Waals surface area contributed by atoms with Crippen LogP contribution in [0.5, 0.6) is 0 Å². The number of thiophene rings is 1. The summed E-state index contributed by atoms with van der Waals surface area (Å²) in [6.45, 7) is 0. The first-order chi connectivity index (χ1) is 25.3. The second-order valence-electron chi connectivity index (χ2n) is 12.9. The fourth-order valence-electron chi connectivity index (χ4n) is 7.70. The summed E-state index contributed by atoms with van der Waals surface area (Å²) >= 11 is 1.89. The van der Waals surface area contributed by atoms with Crippen LogP contribution in [0.4, 0.5) is 17.1 Å².